The maximum Gasteiger partial charge on any atom is 0.130 e. The number of fused-ring (bicyclic) bond motifs is 1. The van der Waals surface area contributed by atoms with Crippen LogP contribution in [0.2, 0.25) is 0 Å². The number of carbonyl (C=O) groups is 1. The second-order valence-electron chi connectivity index (χ2n) is 4.26. The molecule has 0 radical (unpaired) electrons. The van der Waals surface area contributed by atoms with Crippen LogP contribution in [0.25, 0.3) is 10.9 Å². The zero-order valence-electron chi connectivity index (χ0n) is 9.60. The van der Waals surface area contributed by atoms with Crippen molar-refractivity contribution in [2.24, 2.45) is 0 Å². The standard InChI is InChI=1S/C14H15NO/c1-10(8-11(2)16)12-5-6-14-13(9-12)4-3-7-15-14/h3-7,9-10H,8H2,1-2H3. The SMILES string of the molecule is CC(=O)CC(C)c1ccc2ncccc2c1. The number of hydrogen-bond acceptors (Lipinski definition) is 2. The molecular weight excluding hydrogens is 198 g/mol. The van der Waals surface area contributed by atoms with Crippen molar-refractivity contribution < 1.29 is 4.79 Å². The first kappa shape index (κ1) is 10.8. The number of hydrogen-bond donors (Lipinski definition) is 0. The summed E-state index contributed by atoms with van der Waals surface area (Å²) in [6.45, 7) is 3.72. The van der Waals surface area contributed by atoms with Gasteiger partial charge in [0.05, 0.1) is 5.52 Å². The van der Waals surface area contributed by atoms with Gasteiger partial charge >= 0.3 is 0 Å². The number of benzene rings is 1. The molecule has 0 fully saturated rings. The molecular formula is C14H15NO. The van der Waals surface area contributed by atoms with Crippen molar-refractivity contribution in [3.8, 4) is 0 Å². The predicted molar refractivity (Wildman–Crippen MR) is 65.5 cm³/mol. The van der Waals surface area contributed by atoms with Crippen LogP contribution in [0.3, 0.4) is 0 Å². The molecule has 2 nitrogen and oxygen atoms in total. The maximum atomic E-state index is 11.1. The fraction of sp³-hybridized carbons (Fsp3) is 0.286. The van der Waals surface area contributed by atoms with Crippen molar-refractivity contribution in [3.63, 3.8) is 0 Å². The van der Waals surface area contributed by atoms with Gasteiger partial charge in [-0.05, 0) is 36.6 Å². The highest BCUT2D eigenvalue weighted by Gasteiger charge is 2.08. The Bertz CT molecular complexity index is 519. The predicted octanol–water partition coefficient (Wildman–Crippen LogP) is 3.32. The maximum absolute atomic E-state index is 11.1. The molecule has 1 aromatic carbocycles. The number of pyridine rings is 1. The van der Waals surface area contributed by atoms with Crippen LogP contribution in [0.15, 0.2) is 36.5 Å². The van der Waals surface area contributed by atoms with Gasteiger partial charge < -0.3 is 4.79 Å². The summed E-state index contributed by atoms with van der Waals surface area (Å²) in [7, 11) is 0. The third kappa shape index (κ3) is 2.27. The molecule has 1 atom stereocenters. The minimum atomic E-state index is 0.235. The van der Waals surface area contributed by atoms with E-state index in [0.717, 1.165) is 10.9 Å². The van der Waals surface area contributed by atoms with Gasteiger partial charge in [0.2, 0.25) is 0 Å². The second-order valence-corrected chi connectivity index (χ2v) is 4.26. The Kier molecular flexibility index (Phi) is 3.00. The average Bonchev–Trinajstić information content (AvgIpc) is 2.27. The van der Waals surface area contributed by atoms with Gasteiger partial charge in [-0.25, -0.2) is 0 Å². The summed E-state index contributed by atoms with van der Waals surface area (Å²) in [5.41, 5.74) is 2.21. The molecule has 0 aliphatic heterocycles. The van der Waals surface area contributed by atoms with E-state index in [1.807, 2.05) is 18.2 Å². The first-order chi connectivity index (χ1) is 7.66. The second kappa shape index (κ2) is 4.44. The first-order valence-electron chi connectivity index (χ1n) is 5.51. The fourth-order valence-corrected chi connectivity index (χ4v) is 1.95. The average molecular weight is 213 g/mol. The summed E-state index contributed by atoms with van der Waals surface area (Å²) >= 11 is 0. The van der Waals surface area contributed by atoms with Gasteiger partial charge in [-0.1, -0.05) is 19.1 Å². The molecule has 0 N–H and O–H groups in total. The van der Waals surface area contributed by atoms with Gasteiger partial charge in [-0.3, -0.25) is 4.98 Å². The van der Waals surface area contributed by atoms with Crippen LogP contribution in [-0.2, 0) is 4.79 Å². The number of carbonyl (C=O) groups excluding carboxylic acids is 1. The minimum absolute atomic E-state index is 0.235. The van der Waals surface area contributed by atoms with E-state index in [0.29, 0.717) is 6.42 Å². The summed E-state index contributed by atoms with van der Waals surface area (Å²) in [5.74, 6) is 0.515. The molecule has 0 saturated heterocycles. The smallest absolute Gasteiger partial charge is 0.130 e. The van der Waals surface area contributed by atoms with Gasteiger partial charge in [0, 0.05) is 18.0 Å². The Balaban J connectivity index is 2.35. The molecule has 0 amide bonds. The summed E-state index contributed by atoms with van der Waals surface area (Å²) < 4.78 is 0. The zero-order valence-corrected chi connectivity index (χ0v) is 9.60. The van der Waals surface area contributed by atoms with E-state index < -0.39 is 0 Å². The molecule has 0 bridgehead atoms. The van der Waals surface area contributed by atoms with E-state index >= 15 is 0 Å². The van der Waals surface area contributed by atoms with Crippen molar-refractivity contribution >= 4 is 16.7 Å². The summed E-state index contributed by atoms with van der Waals surface area (Å²) in [6.07, 6.45) is 2.40. The molecule has 2 aromatic rings. The van der Waals surface area contributed by atoms with Crippen molar-refractivity contribution in [2.45, 2.75) is 26.2 Å². The molecule has 0 aliphatic rings. The Morgan fingerprint density at radius 2 is 2.19 bits per heavy atom. The molecule has 0 saturated carbocycles. The highest BCUT2D eigenvalue weighted by atomic mass is 16.1. The van der Waals surface area contributed by atoms with Crippen LogP contribution in [0.5, 0.6) is 0 Å². The largest absolute Gasteiger partial charge is 0.300 e. The Labute approximate surface area is 95.3 Å². The van der Waals surface area contributed by atoms with Crippen LogP contribution >= 0.6 is 0 Å². The molecule has 2 heteroatoms. The van der Waals surface area contributed by atoms with E-state index in [-0.39, 0.29) is 11.7 Å². The lowest BCUT2D eigenvalue weighted by Crippen LogP contribution is -2.00. The number of rotatable bonds is 3. The van der Waals surface area contributed by atoms with Gasteiger partial charge in [0.15, 0.2) is 0 Å². The monoisotopic (exact) mass is 213 g/mol. The van der Waals surface area contributed by atoms with Gasteiger partial charge in [-0.2, -0.15) is 0 Å². The molecule has 2 rings (SSSR count). The van der Waals surface area contributed by atoms with E-state index in [1.54, 1.807) is 13.1 Å². The zero-order chi connectivity index (χ0) is 11.5. The Hall–Kier alpha value is -1.70. The highest BCUT2D eigenvalue weighted by molar-refractivity contribution is 5.80. The van der Waals surface area contributed by atoms with Crippen molar-refractivity contribution in [1.29, 1.82) is 0 Å². The lowest BCUT2D eigenvalue weighted by atomic mass is 9.95. The third-order valence-electron chi connectivity index (χ3n) is 2.79. The molecule has 1 aromatic heterocycles. The van der Waals surface area contributed by atoms with Crippen LogP contribution in [0.4, 0.5) is 0 Å². The van der Waals surface area contributed by atoms with Gasteiger partial charge in [-0.15, -0.1) is 0 Å². The van der Waals surface area contributed by atoms with E-state index in [9.17, 15) is 4.79 Å². The lowest BCUT2D eigenvalue weighted by Gasteiger charge is -2.10. The Morgan fingerprint density at radius 1 is 1.38 bits per heavy atom. The highest BCUT2D eigenvalue weighted by Crippen LogP contribution is 2.22. The molecule has 82 valence electrons. The van der Waals surface area contributed by atoms with Gasteiger partial charge in [0.1, 0.15) is 5.78 Å². The van der Waals surface area contributed by atoms with Crippen LogP contribution in [0, 0.1) is 0 Å². The van der Waals surface area contributed by atoms with E-state index in [4.69, 9.17) is 0 Å². The summed E-state index contributed by atoms with van der Waals surface area (Å²) in [6, 6.07) is 10.2. The molecule has 1 heterocycles. The first-order valence-corrected chi connectivity index (χ1v) is 5.51. The van der Waals surface area contributed by atoms with Crippen LogP contribution in [-0.4, -0.2) is 10.8 Å². The van der Waals surface area contributed by atoms with E-state index in [2.05, 4.69) is 24.0 Å². The third-order valence-corrected chi connectivity index (χ3v) is 2.79. The minimum Gasteiger partial charge on any atom is -0.300 e. The van der Waals surface area contributed by atoms with Crippen molar-refractivity contribution in [1.82, 2.24) is 4.98 Å². The molecule has 1 unspecified atom stereocenters. The molecule has 0 spiro atoms. The quantitative estimate of drug-likeness (QED) is 0.782. The normalized spacial score (nSPS) is 12.6. The van der Waals surface area contributed by atoms with Crippen molar-refractivity contribution in [3.05, 3.63) is 42.1 Å². The van der Waals surface area contributed by atoms with E-state index in [1.165, 1.54) is 5.56 Å². The van der Waals surface area contributed by atoms with Gasteiger partial charge in [0.25, 0.3) is 0 Å². The van der Waals surface area contributed by atoms with Crippen molar-refractivity contribution in [2.75, 3.05) is 0 Å². The number of ketones is 1. The topological polar surface area (TPSA) is 30.0 Å². The summed E-state index contributed by atoms with van der Waals surface area (Å²) in [4.78, 5) is 15.4. The summed E-state index contributed by atoms with van der Waals surface area (Å²) in [5, 5.41) is 1.13. The molecule has 16 heavy (non-hydrogen) atoms. The van der Waals surface area contributed by atoms with Crippen LogP contribution in [0.1, 0.15) is 31.7 Å². The number of Topliss-reactive ketones (excluding diaryl/α,β-unsaturated/α-hetero) is 1. The van der Waals surface area contributed by atoms with Crippen LogP contribution < -0.4 is 0 Å². The Morgan fingerprint density at radius 3 is 2.94 bits per heavy atom. The fourth-order valence-electron chi connectivity index (χ4n) is 1.95. The number of nitrogens with zero attached hydrogens (tertiary/aromatic N) is 1. The lowest BCUT2D eigenvalue weighted by molar-refractivity contribution is -0.117. The number of aromatic nitrogens is 1. The molecule has 0 aliphatic carbocycles.